The lowest BCUT2D eigenvalue weighted by atomic mass is 9.68. The van der Waals surface area contributed by atoms with Crippen LogP contribution in [0.1, 0.15) is 26.2 Å². The first-order chi connectivity index (χ1) is 7.05. The smallest absolute Gasteiger partial charge is 0.229 e. The second-order valence-electron chi connectivity index (χ2n) is 4.55. The first-order valence-electron chi connectivity index (χ1n) is 5.41. The minimum atomic E-state index is -0.316. The van der Waals surface area contributed by atoms with Gasteiger partial charge in [0.05, 0.1) is 17.4 Å². The van der Waals surface area contributed by atoms with Crippen LogP contribution in [0.2, 0.25) is 0 Å². The van der Waals surface area contributed by atoms with Gasteiger partial charge in [0.25, 0.3) is 0 Å². The van der Waals surface area contributed by atoms with Crippen LogP contribution in [0.15, 0.2) is 0 Å². The molecule has 1 aliphatic rings. The van der Waals surface area contributed by atoms with Crippen LogP contribution < -0.4 is 5.73 Å². The predicted molar refractivity (Wildman–Crippen MR) is 57.8 cm³/mol. The van der Waals surface area contributed by atoms with Crippen LogP contribution >= 0.6 is 0 Å². The Bertz CT molecular complexity index is 273. The normalized spacial score (nSPS) is 19.9. The molecule has 0 bridgehead atoms. The highest BCUT2D eigenvalue weighted by Gasteiger charge is 2.44. The van der Waals surface area contributed by atoms with E-state index in [2.05, 4.69) is 6.07 Å². The highest BCUT2D eigenvalue weighted by Crippen LogP contribution is 2.41. The predicted octanol–water partition coefficient (Wildman–Crippen LogP) is 0.733. The van der Waals surface area contributed by atoms with Gasteiger partial charge in [0, 0.05) is 20.1 Å². The summed E-state index contributed by atoms with van der Waals surface area (Å²) in [4.78, 5) is 13.7. The molecule has 0 aromatic heterocycles. The first kappa shape index (κ1) is 12.0. The van der Waals surface area contributed by atoms with E-state index in [1.807, 2.05) is 6.92 Å². The van der Waals surface area contributed by atoms with Gasteiger partial charge in [-0.3, -0.25) is 4.79 Å². The number of carbonyl (C=O) groups excluding carboxylic acids is 1. The standard InChI is InChI=1S/C11H19N3O/c1-9(6-12)7-14(2)10(15)11(8-13)4-3-5-11/h9H,3-5,7-8,13H2,1-2H3. The minimum absolute atomic E-state index is 0.110. The maximum Gasteiger partial charge on any atom is 0.229 e. The Morgan fingerprint density at radius 1 is 1.67 bits per heavy atom. The van der Waals surface area contributed by atoms with Crippen molar-refractivity contribution >= 4 is 5.91 Å². The molecule has 0 heterocycles. The number of nitrogens with two attached hydrogens (primary N) is 1. The molecule has 84 valence electrons. The zero-order chi connectivity index (χ0) is 11.5. The van der Waals surface area contributed by atoms with Crippen LogP contribution in [0.25, 0.3) is 0 Å². The highest BCUT2D eigenvalue weighted by molar-refractivity contribution is 5.83. The molecule has 0 aliphatic heterocycles. The van der Waals surface area contributed by atoms with Crippen LogP contribution in [0, 0.1) is 22.7 Å². The van der Waals surface area contributed by atoms with Crippen LogP contribution in [0.5, 0.6) is 0 Å². The van der Waals surface area contributed by atoms with Gasteiger partial charge in [-0.25, -0.2) is 0 Å². The summed E-state index contributed by atoms with van der Waals surface area (Å²) in [5.74, 6) is -0.00722. The average molecular weight is 209 g/mol. The summed E-state index contributed by atoms with van der Waals surface area (Å²) in [5.41, 5.74) is 5.34. The maximum atomic E-state index is 12.1. The number of carbonyl (C=O) groups is 1. The molecule has 0 spiro atoms. The minimum Gasteiger partial charge on any atom is -0.344 e. The molecule has 0 radical (unpaired) electrons. The van der Waals surface area contributed by atoms with Gasteiger partial charge in [0.1, 0.15) is 0 Å². The average Bonchev–Trinajstić information content (AvgIpc) is 2.16. The molecule has 1 saturated carbocycles. The topological polar surface area (TPSA) is 70.1 Å². The Morgan fingerprint density at radius 2 is 2.27 bits per heavy atom. The van der Waals surface area contributed by atoms with Gasteiger partial charge in [-0.1, -0.05) is 6.42 Å². The SMILES string of the molecule is CC(C#N)CN(C)C(=O)C1(CN)CCC1. The Labute approximate surface area is 91.0 Å². The van der Waals surface area contributed by atoms with Gasteiger partial charge in [-0.15, -0.1) is 0 Å². The molecule has 1 unspecified atom stereocenters. The van der Waals surface area contributed by atoms with E-state index >= 15 is 0 Å². The Morgan fingerprint density at radius 3 is 2.60 bits per heavy atom. The summed E-state index contributed by atoms with van der Waals surface area (Å²) < 4.78 is 0. The zero-order valence-corrected chi connectivity index (χ0v) is 9.49. The van der Waals surface area contributed by atoms with Crippen molar-refractivity contribution in [2.24, 2.45) is 17.1 Å². The van der Waals surface area contributed by atoms with Crippen molar-refractivity contribution in [3.8, 4) is 6.07 Å². The fraction of sp³-hybridized carbons (Fsp3) is 0.818. The van der Waals surface area contributed by atoms with Gasteiger partial charge in [-0.2, -0.15) is 5.26 Å². The third kappa shape index (κ3) is 2.29. The molecule has 0 aromatic carbocycles. The van der Waals surface area contributed by atoms with Crippen LogP contribution in [-0.4, -0.2) is 30.9 Å². The van der Waals surface area contributed by atoms with E-state index in [0.29, 0.717) is 13.1 Å². The first-order valence-corrected chi connectivity index (χ1v) is 5.41. The second kappa shape index (κ2) is 4.63. The number of nitrogens with zero attached hydrogens (tertiary/aromatic N) is 2. The van der Waals surface area contributed by atoms with Crippen molar-refractivity contribution in [2.45, 2.75) is 26.2 Å². The Kier molecular flexibility index (Phi) is 3.70. The summed E-state index contributed by atoms with van der Waals surface area (Å²) in [5, 5.41) is 8.68. The summed E-state index contributed by atoms with van der Waals surface area (Å²) >= 11 is 0. The third-order valence-electron chi connectivity index (χ3n) is 3.27. The van der Waals surface area contributed by atoms with Crippen LogP contribution in [0.4, 0.5) is 0 Å². The van der Waals surface area contributed by atoms with E-state index < -0.39 is 0 Å². The molecule has 4 nitrogen and oxygen atoms in total. The van der Waals surface area contributed by atoms with Crippen molar-refractivity contribution in [1.82, 2.24) is 4.90 Å². The van der Waals surface area contributed by atoms with Crippen molar-refractivity contribution in [3.05, 3.63) is 0 Å². The molecule has 1 atom stereocenters. The van der Waals surface area contributed by atoms with E-state index in [1.165, 1.54) is 0 Å². The lowest BCUT2D eigenvalue weighted by molar-refractivity contribution is -0.145. The molecule has 0 aromatic rings. The number of rotatable bonds is 4. The van der Waals surface area contributed by atoms with Gasteiger partial charge in [0.15, 0.2) is 0 Å². The van der Waals surface area contributed by atoms with Crippen molar-refractivity contribution < 1.29 is 4.79 Å². The monoisotopic (exact) mass is 209 g/mol. The third-order valence-corrected chi connectivity index (χ3v) is 3.27. The van der Waals surface area contributed by atoms with E-state index in [1.54, 1.807) is 11.9 Å². The summed E-state index contributed by atoms with van der Waals surface area (Å²) in [6.07, 6.45) is 2.88. The van der Waals surface area contributed by atoms with E-state index in [9.17, 15) is 4.79 Å². The van der Waals surface area contributed by atoms with Gasteiger partial charge in [0.2, 0.25) is 5.91 Å². The summed E-state index contributed by atoms with van der Waals surface area (Å²) in [6.45, 7) is 2.74. The van der Waals surface area contributed by atoms with Crippen LogP contribution in [0.3, 0.4) is 0 Å². The Balaban J connectivity index is 2.56. The molecular weight excluding hydrogens is 190 g/mol. The molecule has 15 heavy (non-hydrogen) atoms. The molecular formula is C11H19N3O. The number of hydrogen-bond donors (Lipinski definition) is 1. The molecule has 1 fully saturated rings. The number of amides is 1. The summed E-state index contributed by atoms with van der Waals surface area (Å²) in [7, 11) is 1.76. The lowest BCUT2D eigenvalue weighted by Gasteiger charge is -2.42. The van der Waals surface area contributed by atoms with Crippen molar-refractivity contribution in [1.29, 1.82) is 5.26 Å². The molecule has 4 heteroatoms. The molecule has 1 aliphatic carbocycles. The summed E-state index contributed by atoms with van der Waals surface area (Å²) in [6, 6.07) is 2.13. The van der Waals surface area contributed by atoms with Gasteiger partial charge in [-0.05, 0) is 19.8 Å². The quantitative estimate of drug-likeness (QED) is 0.742. The number of hydrogen-bond acceptors (Lipinski definition) is 3. The lowest BCUT2D eigenvalue weighted by Crippen LogP contribution is -2.51. The van der Waals surface area contributed by atoms with Crippen LogP contribution in [-0.2, 0) is 4.79 Å². The van der Waals surface area contributed by atoms with Crippen molar-refractivity contribution in [2.75, 3.05) is 20.1 Å². The molecule has 0 saturated heterocycles. The number of nitriles is 1. The Hall–Kier alpha value is -1.08. The van der Waals surface area contributed by atoms with Crippen molar-refractivity contribution in [3.63, 3.8) is 0 Å². The van der Waals surface area contributed by atoms with E-state index in [4.69, 9.17) is 11.0 Å². The molecule has 1 rings (SSSR count). The molecule has 2 N–H and O–H groups in total. The van der Waals surface area contributed by atoms with Gasteiger partial charge >= 0.3 is 0 Å². The molecule has 1 amide bonds. The second-order valence-corrected chi connectivity index (χ2v) is 4.55. The fourth-order valence-corrected chi connectivity index (χ4v) is 2.05. The van der Waals surface area contributed by atoms with E-state index in [0.717, 1.165) is 19.3 Å². The largest absolute Gasteiger partial charge is 0.344 e. The fourth-order valence-electron chi connectivity index (χ4n) is 2.05. The zero-order valence-electron chi connectivity index (χ0n) is 9.49. The van der Waals surface area contributed by atoms with Gasteiger partial charge < -0.3 is 10.6 Å². The highest BCUT2D eigenvalue weighted by atomic mass is 16.2. The van der Waals surface area contributed by atoms with E-state index in [-0.39, 0.29) is 17.2 Å². The maximum absolute atomic E-state index is 12.1.